The second-order valence-corrected chi connectivity index (χ2v) is 12.3. The highest BCUT2D eigenvalue weighted by Gasteiger charge is 2.20. The van der Waals surface area contributed by atoms with E-state index in [0.29, 0.717) is 23.3 Å². The summed E-state index contributed by atoms with van der Waals surface area (Å²) in [5.74, 6) is 0. The van der Waals surface area contributed by atoms with Crippen molar-refractivity contribution in [3.63, 3.8) is 0 Å². The normalized spacial score (nSPS) is 11.1. The summed E-state index contributed by atoms with van der Waals surface area (Å²) >= 11 is 6.57. The number of nitriles is 1. The maximum Gasteiger partial charge on any atom is 0.333 e. The molecule has 5 aromatic rings. The molecule has 0 fully saturated rings. The number of nitrogens with zero attached hydrogens (tertiary/aromatic N) is 2. The molecule has 11 nitrogen and oxygen atoms in total. The molecule has 206 valence electrons. The van der Waals surface area contributed by atoms with Gasteiger partial charge in [-0.2, -0.15) is 5.26 Å². The van der Waals surface area contributed by atoms with Gasteiger partial charge in [0.25, 0.3) is 15.6 Å². The molecule has 5 rings (SSSR count). The number of anilines is 2. The Hall–Kier alpha value is -4.90. The van der Waals surface area contributed by atoms with Gasteiger partial charge in [0.15, 0.2) is 0 Å². The van der Waals surface area contributed by atoms with Gasteiger partial charge in [0.1, 0.15) is 4.21 Å². The van der Waals surface area contributed by atoms with Crippen molar-refractivity contribution in [3.8, 4) is 11.8 Å². The number of aromatic nitrogens is 2. The zero-order chi connectivity index (χ0) is 29.1. The summed E-state index contributed by atoms with van der Waals surface area (Å²) in [6.07, 6.45) is 0. The Morgan fingerprint density at radius 1 is 0.976 bits per heavy atom. The smallest absolute Gasteiger partial charge is 0.333 e. The minimum absolute atomic E-state index is 0.114. The second-order valence-electron chi connectivity index (χ2n) is 8.66. The first-order valence-corrected chi connectivity index (χ1v) is 14.5. The number of halogens is 1. The molecule has 0 aliphatic carbocycles. The van der Waals surface area contributed by atoms with Crippen LogP contribution in [0.5, 0.6) is 0 Å². The molecule has 0 atom stereocenters. The first-order chi connectivity index (χ1) is 19.6. The van der Waals surface area contributed by atoms with Crippen molar-refractivity contribution >= 4 is 61.3 Å². The molecule has 0 spiro atoms. The minimum Gasteiger partial charge on any atom is -0.381 e. The van der Waals surface area contributed by atoms with Crippen LogP contribution in [0.2, 0.25) is 4.34 Å². The van der Waals surface area contributed by atoms with E-state index in [0.717, 1.165) is 21.5 Å². The van der Waals surface area contributed by atoms with E-state index >= 15 is 0 Å². The highest BCUT2D eigenvalue weighted by atomic mass is 35.5. The molecule has 4 N–H and O–H groups in total. The number of rotatable bonds is 7. The molecule has 0 saturated carbocycles. The summed E-state index contributed by atoms with van der Waals surface area (Å²) in [5.41, 5.74) is 1.83. The third-order valence-electron chi connectivity index (χ3n) is 5.90. The van der Waals surface area contributed by atoms with Crippen LogP contribution in [-0.2, 0) is 16.6 Å². The molecule has 0 aliphatic heterocycles. The van der Waals surface area contributed by atoms with Crippen LogP contribution in [0.3, 0.4) is 0 Å². The van der Waals surface area contributed by atoms with Gasteiger partial charge in [-0.15, -0.1) is 11.3 Å². The molecule has 0 unspecified atom stereocenters. The largest absolute Gasteiger partial charge is 0.381 e. The van der Waals surface area contributed by atoms with E-state index in [2.05, 4.69) is 21.7 Å². The van der Waals surface area contributed by atoms with Crippen molar-refractivity contribution in [1.29, 1.82) is 5.26 Å². The van der Waals surface area contributed by atoms with Crippen LogP contribution in [0, 0.1) is 11.3 Å². The number of hydrogen-bond donors (Lipinski definition) is 4. The van der Waals surface area contributed by atoms with Gasteiger partial charge in [-0.05, 0) is 72.3 Å². The molecular formula is C27H19ClN6O5S2. The lowest BCUT2D eigenvalue weighted by Crippen LogP contribution is -2.34. The number of carbonyl (C=O) groups excluding carboxylic acids is 1. The molecular weight excluding hydrogens is 588 g/mol. The molecule has 41 heavy (non-hydrogen) atoms. The molecule has 0 bridgehead atoms. The third kappa shape index (κ3) is 6.15. The Kier molecular flexibility index (Phi) is 7.62. The SMILES string of the molecule is N#Cc1ccc(CNc2ccc3c(=O)n(-c4ccc(NC(=O)NS(=O)(=O)c5ccc(Cl)s5)cc4)c(=O)[nH]c3c2)cc1. The highest BCUT2D eigenvalue weighted by molar-refractivity contribution is 7.92. The number of nitrogens with one attached hydrogen (secondary N) is 4. The summed E-state index contributed by atoms with van der Waals surface area (Å²) < 4.78 is 27.6. The Balaban J connectivity index is 1.31. The quantitative estimate of drug-likeness (QED) is 0.213. The van der Waals surface area contributed by atoms with Gasteiger partial charge >= 0.3 is 11.7 Å². The van der Waals surface area contributed by atoms with E-state index in [1.54, 1.807) is 30.3 Å². The van der Waals surface area contributed by atoms with E-state index < -0.39 is 27.3 Å². The van der Waals surface area contributed by atoms with E-state index in [1.165, 1.54) is 36.4 Å². The first kappa shape index (κ1) is 27.7. The third-order valence-corrected chi connectivity index (χ3v) is 8.96. The summed E-state index contributed by atoms with van der Waals surface area (Å²) in [5, 5.41) is 14.8. The van der Waals surface area contributed by atoms with Gasteiger partial charge in [0.05, 0.1) is 32.6 Å². The van der Waals surface area contributed by atoms with E-state index in [9.17, 15) is 22.8 Å². The second kappa shape index (κ2) is 11.3. The summed E-state index contributed by atoms with van der Waals surface area (Å²) in [6.45, 7) is 0.477. The number of fused-ring (bicyclic) bond motifs is 1. The predicted molar refractivity (Wildman–Crippen MR) is 157 cm³/mol. The lowest BCUT2D eigenvalue weighted by atomic mass is 10.1. The summed E-state index contributed by atoms with van der Waals surface area (Å²) in [4.78, 5) is 41.0. The van der Waals surface area contributed by atoms with Gasteiger partial charge < -0.3 is 15.6 Å². The molecule has 2 aromatic heterocycles. The van der Waals surface area contributed by atoms with Crippen molar-refractivity contribution in [3.05, 3.63) is 115 Å². The highest BCUT2D eigenvalue weighted by Crippen LogP contribution is 2.25. The fourth-order valence-electron chi connectivity index (χ4n) is 3.93. The van der Waals surface area contributed by atoms with Crippen LogP contribution >= 0.6 is 22.9 Å². The number of H-pyrrole nitrogens is 1. The van der Waals surface area contributed by atoms with Crippen molar-refractivity contribution < 1.29 is 13.2 Å². The number of amides is 2. The van der Waals surface area contributed by atoms with Gasteiger partial charge in [0, 0.05) is 17.9 Å². The van der Waals surface area contributed by atoms with Crippen LogP contribution in [-0.4, -0.2) is 24.0 Å². The van der Waals surface area contributed by atoms with Crippen LogP contribution in [0.4, 0.5) is 16.2 Å². The molecule has 0 saturated heterocycles. The molecule has 2 amide bonds. The predicted octanol–water partition coefficient (Wildman–Crippen LogP) is 4.39. The number of urea groups is 1. The molecule has 0 radical (unpaired) electrons. The zero-order valence-electron chi connectivity index (χ0n) is 20.8. The molecule has 3 aromatic carbocycles. The average molecular weight is 607 g/mol. The Bertz CT molecular complexity index is 2040. The van der Waals surface area contributed by atoms with E-state index in [-0.39, 0.29) is 25.3 Å². The van der Waals surface area contributed by atoms with Crippen molar-refractivity contribution in [2.75, 3.05) is 10.6 Å². The fraction of sp³-hybridized carbons (Fsp3) is 0.0370. The summed E-state index contributed by atoms with van der Waals surface area (Å²) in [7, 11) is -4.10. The van der Waals surface area contributed by atoms with Crippen LogP contribution < -0.4 is 26.6 Å². The van der Waals surface area contributed by atoms with Crippen LogP contribution in [0.15, 0.2) is 92.7 Å². The maximum atomic E-state index is 13.2. The lowest BCUT2D eigenvalue weighted by molar-refractivity contribution is 0.256. The minimum atomic E-state index is -4.10. The van der Waals surface area contributed by atoms with Crippen molar-refractivity contribution in [2.45, 2.75) is 10.8 Å². The van der Waals surface area contributed by atoms with Gasteiger partial charge in [-0.25, -0.2) is 27.3 Å². The molecule has 14 heteroatoms. The standard InChI is InChI=1S/C27H19ClN6O5S2/c28-23-11-12-24(40-23)41(38,39)33-26(36)31-18-5-8-20(9-6-18)34-25(35)21-10-7-19(13-22(21)32-27(34)37)30-15-17-3-1-16(14-29)2-4-17/h1-13,30H,15H2,(H,32,37)(H2,31,33,36). The number of thiophene rings is 1. The first-order valence-electron chi connectivity index (χ1n) is 11.8. The Morgan fingerprint density at radius 2 is 1.68 bits per heavy atom. The number of hydrogen-bond acceptors (Lipinski definition) is 8. The number of benzene rings is 3. The van der Waals surface area contributed by atoms with E-state index in [1.807, 2.05) is 16.9 Å². The maximum absolute atomic E-state index is 13.2. The topological polar surface area (TPSA) is 166 Å². The van der Waals surface area contributed by atoms with Crippen LogP contribution in [0.1, 0.15) is 11.1 Å². The van der Waals surface area contributed by atoms with Crippen molar-refractivity contribution in [2.24, 2.45) is 0 Å². The zero-order valence-corrected chi connectivity index (χ0v) is 23.2. The van der Waals surface area contributed by atoms with Crippen molar-refractivity contribution in [1.82, 2.24) is 14.3 Å². The monoisotopic (exact) mass is 606 g/mol. The fourth-order valence-corrected chi connectivity index (χ4v) is 6.32. The summed E-state index contributed by atoms with van der Waals surface area (Å²) in [6, 6.07) is 21.6. The lowest BCUT2D eigenvalue weighted by Gasteiger charge is -2.11. The Morgan fingerprint density at radius 3 is 2.34 bits per heavy atom. The Labute approximate surface area is 241 Å². The van der Waals surface area contributed by atoms with E-state index in [4.69, 9.17) is 16.9 Å². The molecule has 2 heterocycles. The van der Waals surface area contributed by atoms with Gasteiger partial charge in [-0.1, -0.05) is 23.7 Å². The van der Waals surface area contributed by atoms with Gasteiger partial charge in [0.2, 0.25) is 0 Å². The van der Waals surface area contributed by atoms with Gasteiger partial charge in [-0.3, -0.25) is 4.79 Å². The number of sulfonamides is 1. The number of carbonyl (C=O) groups is 1. The average Bonchev–Trinajstić information content (AvgIpc) is 3.40. The van der Waals surface area contributed by atoms with Crippen LogP contribution in [0.25, 0.3) is 16.6 Å². The number of aromatic amines is 1. The molecule has 0 aliphatic rings.